The maximum atomic E-state index is 11.1. The maximum absolute atomic E-state index is 11.1. The van der Waals surface area contributed by atoms with Gasteiger partial charge in [0.25, 0.3) is 0 Å². The van der Waals surface area contributed by atoms with E-state index in [-0.39, 0.29) is 5.92 Å². The molecule has 2 unspecified atom stereocenters. The molecule has 2 atom stereocenters. The van der Waals surface area contributed by atoms with Crippen LogP contribution in [0.3, 0.4) is 0 Å². The van der Waals surface area contributed by atoms with E-state index in [1.54, 1.807) is 7.11 Å². The number of carbonyl (C=O) groups is 1. The number of benzene rings is 1. The van der Waals surface area contributed by atoms with Crippen LogP contribution in [0.15, 0.2) is 24.3 Å². The van der Waals surface area contributed by atoms with Crippen LogP contribution < -0.4 is 4.74 Å². The second-order valence-corrected chi connectivity index (χ2v) is 5.91. The van der Waals surface area contributed by atoms with Crippen LogP contribution in [0.1, 0.15) is 31.7 Å². The number of carboxylic acids is 1. The number of aliphatic carboxylic acids is 1. The highest BCUT2D eigenvalue weighted by Gasteiger charge is 2.27. The summed E-state index contributed by atoms with van der Waals surface area (Å²) in [5.74, 6) is 0.0383. The molecule has 1 aliphatic heterocycles. The molecular formula is C17H25NO3. The van der Waals surface area contributed by atoms with Gasteiger partial charge in [-0.2, -0.15) is 0 Å². The van der Waals surface area contributed by atoms with Crippen LogP contribution in [0.2, 0.25) is 0 Å². The Hall–Kier alpha value is -1.55. The molecule has 1 saturated heterocycles. The van der Waals surface area contributed by atoms with E-state index in [2.05, 4.69) is 24.0 Å². The molecule has 21 heavy (non-hydrogen) atoms. The highest BCUT2D eigenvalue weighted by atomic mass is 16.5. The quantitative estimate of drug-likeness (QED) is 0.875. The van der Waals surface area contributed by atoms with Gasteiger partial charge in [0.15, 0.2) is 0 Å². The minimum atomic E-state index is -0.651. The summed E-state index contributed by atoms with van der Waals surface area (Å²) in [5.41, 5.74) is 1.30. The fraction of sp³-hybridized carbons (Fsp3) is 0.588. The zero-order valence-corrected chi connectivity index (χ0v) is 12.9. The zero-order chi connectivity index (χ0) is 15.2. The third-order valence-corrected chi connectivity index (χ3v) is 4.44. The molecule has 0 radical (unpaired) electrons. The normalized spacial score (nSPS) is 21.0. The molecule has 1 N–H and O–H groups in total. The number of hydrogen-bond donors (Lipinski definition) is 1. The van der Waals surface area contributed by atoms with Crippen molar-refractivity contribution in [3.05, 3.63) is 29.8 Å². The topological polar surface area (TPSA) is 49.8 Å². The van der Waals surface area contributed by atoms with Crippen LogP contribution in [0, 0.1) is 5.92 Å². The lowest BCUT2D eigenvalue weighted by atomic mass is 9.95. The van der Waals surface area contributed by atoms with E-state index in [1.165, 1.54) is 5.56 Å². The molecule has 0 bridgehead atoms. The van der Waals surface area contributed by atoms with Crippen molar-refractivity contribution in [2.45, 2.75) is 38.6 Å². The molecule has 1 fully saturated rings. The fourth-order valence-corrected chi connectivity index (χ4v) is 2.96. The van der Waals surface area contributed by atoms with Gasteiger partial charge in [0.1, 0.15) is 5.75 Å². The predicted octanol–water partition coefficient (Wildman–Crippen LogP) is 2.81. The monoisotopic (exact) mass is 291 g/mol. The Morgan fingerprint density at radius 2 is 2.14 bits per heavy atom. The third kappa shape index (κ3) is 4.46. The molecule has 0 saturated carbocycles. The van der Waals surface area contributed by atoms with Crippen LogP contribution in [0.4, 0.5) is 0 Å². The van der Waals surface area contributed by atoms with Crippen molar-refractivity contribution in [2.24, 2.45) is 5.92 Å². The van der Waals surface area contributed by atoms with Crippen LogP contribution in [-0.2, 0) is 11.2 Å². The minimum absolute atomic E-state index is 0.192. The van der Waals surface area contributed by atoms with E-state index in [4.69, 9.17) is 9.84 Å². The lowest BCUT2D eigenvalue weighted by molar-refractivity contribution is -0.143. The largest absolute Gasteiger partial charge is 0.497 e. The molecule has 0 aliphatic carbocycles. The van der Waals surface area contributed by atoms with Gasteiger partial charge < -0.3 is 9.84 Å². The summed E-state index contributed by atoms with van der Waals surface area (Å²) < 4.78 is 5.16. The van der Waals surface area contributed by atoms with Gasteiger partial charge in [-0.3, -0.25) is 9.69 Å². The average Bonchev–Trinajstić information content (AvgIpc) is 2.53. The number of rotatable bonds is 6. The van der Waals surface area contributed by atoms with E-state index >= 15 is 0 Å². The molecule has 2 rings (SSSR count). The summed E-state index contributed by atoms with van der Waals surface area (Å²) in [6.07, 6.45) is 3.87. The van der Waals surface area contributed by atoms with Crippen molar-refractivity contribution in [2.75, 3.05) is 20.2 Å². The third-order valence-electron chi connectivity index (χ3n) is 4.44. The second kappa shape index (κ2) is 7.46. The maximum Gasteiger partial charge on any atom is 0.307 e. The van der Waals surface area contributed by atoms with Gasteiger partial charge in [0.2, 0.25) is 0 Å². The number of piperidine rings is 1. The lowest BCUT2D eigenvalue weighted by Crippen LogP contribution is -2.43. The van der Waals surface area contributed by atoms with Gasteiger partial charge in [0, 0.05) is 12.6 Å². The van der Waals surface area contributed by atoms with E-state index < -0.39 is 5.97 Å². The molecule has 1 aromatic rings. The van der Waals surface area contributed by atoms with E-state index in [9.17, 15) is 4.79 Å². The number of aryl methyl sites for hydroxylation is 1. The highest BCUT2D eigenvalue weighted by molar-refractivity contribution is 5.70. The standard InChI is InChI=1S/C17H25NO3/c1-13(18-11-3-4-15(12-18)17(19)20)5-6-14-7-9-16(21-2)10-8-14/h7-10,13,15H,3-6,11-12H2,1-2H3,(H,19,20). The highest BCUT2D eigenvalue weighted by Crippen LogP contribution is 2.21. The number of hydrogen-bond acceptors (Lipinski definition) is 3. The van der Waals surface area contributed by atoms with Gasteiger partial charge in [-0.15, -0.1) is 0 Å². The Kier molecular flexibility index (Phi) is 5.62. The second-order valence-electron chi connectivity index (χ2n) is 5.91. The average molecular weight is 291 g/mol. The van der Waals surface area contributed by atoms with Gasteiger partial charge >= 0.3 is 5.97 Å². The van der Waals surface area contributed by atoms with Gasteiger partial charge in [-0.25, -0.2) is 0 Å². The first-order valence-electron chi connectivity index (χ1n) is 7.70. The Morgan fingerprint density at radius 1 is 1.43 bits per heavy atom. The van der Waals surface area contributed by atoms with E-state index in [0.717, 1.165) is 38.0 Å². The van der Waals surface area contributed by atoms with Gasteiger partial charge in [0.05, 0.1) is 13.0 Å². The fourth-order valence-electron chi connectivity index (χ4n) is 2.96. The van der Waals surface area contributed by atoms with Crippen molar-refractivity contribution in [1.29, 1.82) is 0 Å². The molecule has 4 heteroatoms. The summed E-state index contributed by atoms with van der Waals surface area (Å²) in [6.45, 7) is 3.92. The molecule has 1 heterocycles. The number of methoxy groups -OCH3 is 1. The Bertz CT molecular complexity index is 458. The van der Waals surface area contributed by atoms with Crippen molar-refractivity contribution in [3.8, 4) is 5.75 Å². The lowest BCUT2D eigenvalue weighted by Gasteiger charge is -2.35. The molecule has 116 valence electrons. The SMILES string of the molecule is COc1ccc(CCC(C)N2CCCC(C(=O)O)C2)cc1. The summed E-state index contributed by atoms with van der Waals surface area (Å²) in [7, 11) is 1.67. The summed E-state index contributed by atoms with van der Waals surface area (Å²) in [5, 5.41) is 9.16. The molecular weight excluding hydrogens is 266 g/mol. The van der Waals surface area contributed by atoms with Crippen LogP contribution in [0.25, 0.3) is 0 Å². The summed E-state index contributed by atoms with van der Waals surface area (Å²) >= 11 is 0. The Morgan fingerprint density at radius 3 is 2.76 bits per heavy atom. The number of nitrogens with zero attached hydrogens (tertiary/aromatic N) is 1. The van der Waals surface area contributed by atoms with Gasteiger partial charge in [-0.1, -0.05) is 12.1 Å². The summed E-state index contributed by atoms with van der Waals surface area (Å²) in [4.78, 5) is 13.4. The predicted molar refractivity (Wildman–Crippen MR) is 82.7 cm³/mol. The first-order chi connectivity index (χ1) is 10.1. The number of ether oxygens (including phenoxy) is 1. The molecule has 1 aromatic carbocycles. The van der Waals surface area contributed by atoms with E-state index in [1.807, 2.05) is 12.1 Å². The van der Waals surface area contributed by atoms with Crippen LogP contribution in [-0.4, -0.2) is 42.2 Å². The van der Waals surface area contributed by atoms with Crippen LogP contribution >= 0.6 is 0 Å². The first-order valence-corrected chi connectivity index (χ1v) is 7.70. The summed E-state index contributed by atoms with van der Waals surface area (Å²) in [6, 6.07) is 8.60. The van der Waals surface area contributed by atoms with Crippen LogP contribution in [0.5, 0.6) is 5.75 Å². The van der Waals surface area contributed by atoms with Crippen molar-refractivity contribution in [1.82, 2.24) is 4.90 Å². The van der Waals surface area contributed by atoms with E-state index in [0.29, 0.717) is 12.6 Å². The molecule has 0 aromatic heterocycles. The molecule has 0 amide bonds. The number of carboxylic acid groups (broad SMARTS) is 1. The Balaban J connectivity index is 1.83. The number of likely N-dealkylation sites (tertiary alicyclic amines) is 1. The zero-order valence-electron chi connectivity index (χ0n) is 12.9. The van der Waals surface area contributed by atoms with Gasteiger partial charge in [-0.05, 0) is 56.8 Å². The molecule has 1 aliphatic rings. The first kappa shape index (κ1) is 15.8. The van der Waals surface area contributed by atoms with Crippen molar-refractivity contribution >= 4 is 5.97 Å². The van der Waals surface area contributed by atoms with Crippen molar-refractivity contribution in [3.63, 3.8) is 0 Å². The smallest absolute Gasteiger partial charge is 0.307 e. The Labute approximate surface area is 126 Å². The molecule has 4 nitrogen and oxygen atoms in total. The minimum Gasteiger partial charge on any atom is -0.497 e. The molecule has 0 spiro atoms. The van der Waals surface area contributed by atoms with Crippen molar-refractivity contribution < 1.29 is 14.6 Å².